The molecule has 0 saturated heterocycles. The number of rotatable bonds is 7. The highest BCUT2D eigenvalue weighted by atomic mass is 19.1. The van der Waals surface area contributed by atoms with Crippen LogP contribution < -0.4 is 9.47 Å². The van der Waals surface area contributed by atoms with E-state index in [0.29, 0.717) is 11.5 Å². The van der Waals surface area contributed by atoms with Gasteiger partial charge in [-0.05, 0) is 98.4 Å². The summed E-state index contributed by atoms with van der Waals surface area (Å²) in [7, 11) is 1.40. The van der Waals surface area contributed by atoms with E-state index in [2.05, 4.69) is 24.8 Å². The quantitative estimate of drug-likeness (QED) is 0.259. The van der Waals surface area contributed by atoms with Crippen molar-refractivity contribution in [2.45, 2.75) is 57.3 Å². The first-order valence-electron chi connectivity index (χ1n) is 11.8. The number of fused-ring (bicyclic) bond motifs is 1. The van der Waals surface area contributed by atoms with E-state index in [9.17, 15) is 9.18 Å². The first kappa shape index (κ1) is 22.6. The molecule has 4 heteroatoms. The molecule has 2 aliphatic rings. The van der Waals surface area contributed by atoms with Gasteiger partial charge in [-0.3, -0.25) is 0 Å². The number of methoxy groups -OCH3 is 1. The lowest BCUT2D eigenvalue weighted by molar-refractivity contribution is 0.0734. The predicted molar refractivity (Wildman–Crippen MR) is 125 cm³/mol. The Kier molecular flexibility index (Phi) is 7.29. The number of benzene rings is 2. The molecule has 0 heterocycles. The number of ether oxygens (including phenoxy) is 2. The van der Waals surface area contributed by atoms with Crippen LogP contribution in [0.3, 0.4) is 0 Å². The van der Waals surface area contributed by atoms with E-state index >= 15 is 0 Å². The highest BCUT2D eigenvalue weighted by molar-refractivity contribution is 5.91. The lowest BCUT2D eigenvalue weighted by atomic mass is 9.63. The SMILES string of the molecule is C=CCCC1CCC2CC(c3ccc(C(=O)Oc4ccc(OC)c(F)c4)cc3)CCC2C1. The molecule has 0 N–H and O–H groups in total. The van der Waals surface area contributed by atoms with Crippen molar-refractivity contribution in [1.82, 2.24) is 0 Å². The van der Waals surface area contributed by atoms with E-state index < -0.39 is 11.8 Å². The van der Waals surface area contributed by atoms with Crippen LogP contribution >= 0.6 is 0 Å². The van der Waals surface area contributed by atoms with Crippen molar-refractivity contribution in [2.24, 2.45) is 17.8 Å². The van der Waals surface area contributed by atoms with Crippen LogP contribution in [0.4, 0.5) is 4.39 Å². The molecular formula is C28H33FO3. The third kappa shape index (κ3) is 5.23. The Morgan fingerprint density at radius 1 is 1.06 bits per heavy atom. The third-order valence-electron chi connectivity index (χ3n) is 7.45. The van der Waals surface area contributed by atoms with Crippen molar-refractivity contribution >= 4 is 5.97 Å². The fourth-order valence-corrected chi connectivity index (χ4v) is 5.67. The van der Waals surface area contributed by atoms with Crippen molar-refractivity contribution in [1.29, 1.82) is 0 Å². The summed E-state index contributed by atoms with van der Waals surface area (Å²) in [5, 5.41) is 0. The van der Waals surface area contributed by atoms with E-state index in [1.807, 2.05) is 12.1 Å². The molecule has 4 rings (SSSR count). The van der Waals surface area contributed by atoms with Crippen molar-refractivity contribution in [3.05, 3.63) is 72.1 Å². The van der Waals surface area contributed by atoms with Crippen LogP contribution in [0.5, 0.6) is 11.5 Å². The van der Waals surface area contributed by atoms with Gasteiger partial charge in [0.2, 0.25) is 0 Å². The molecule has 0 amide bonds. The molecule has 0 aromatic heterocycles. The number of esters is 1. The van der Waals surface area contributed by atoms with Crippen molar-refractivity contribution in [3.63, 3.8) is 0 Å². The summed E-state index contributed by atoms with van der Waals surface area (Å²) in [5.41, 5.74) is 1.78. The molecule has 4 unspecified atom stereocenters. The molecule has 0 spiro atoms. The maximum Gasteiger partial charge on any atom is 0.343 e. The lowest BCUT2D eigenvalue weighted by Crippen LogP contribution is -2.30. The van der Waals surface area contributed by atoms with Crippen LogP contribution in [-0.4, -0.2) is 13.1 Å². The van der Waals surface area contributed by atoms with Gasteiger partial charge in [-0.1, -0.05) is 24.6 Å². The van der Waals surface area contributed by atoms with Crippen LogP contribution in [0.25, 0.3) is 0 Å². The third-order valence-corrected chi connectivity index (χ3v) is 7.45. The Balaban J connectivity index is 1.33. The number of carbonyl (C=O) groups excluding carboxylic acids is 1. The average Bonchev–Trinajstić information content (AvgIpc) is 2.82. The number of halogens is 1. The molecule has 2 aromatic carbocycles. The predicted octanol–water partition coefficient (Wildman–Crippen LogP) is 7.32. The normalized spacial score (nSPS) is 24.9. The summed E-state index contributed by atoms with van der Waals surface area (Å²) in [6.07, 6.45) is 12.4. The summed E-state index contributed by atoms with van der Waals surface area (Å²) in [4.78, 5) is 12.5. The van der Waals surface area contributed by atoms with Crippen LogP contribution in [0.1, 0.15) is 73.2 Å². The largest absolute Gasteiger partial charge is 0.494 e. The van der Waals surface area contributed by atoms with Gasteiger partial charge < -0.3 is 9.47 Å². The summed E-state index contributed by atoms with van der Waals surface area (Å²) in [6, 6.07) is 11.9. The number of hydrogen-bond donors (Lipinski definition) is 0. The second-order valence-corrected chi connectivity index (χ2v) is 9.38. The second-order valence-electron chi connectivity index (χ2n) is 9.38. The highest BCUT2D eigenvalue weighted by Crippen LogP contribution is 2.48. The van der Waals surface area contributed by atoms with Gasteiger partial charge >= 0.3 is 5.97 Å². The molecule has 4 atom stereocenters. The molecular weight excluding hydrogens is 403 g/mol. The standard InChI is InChI=1S/C28H33FO3/c1-3-4-5-19-6-7-24-17-23(13-12-22(24)16-19)20-8-10-21(11-9-20)28(30)32-25-14-15-27(31-2)26(29)18-25/h3,8-11,14-15,18-19,22-24H,1,4-7,12-13,16-17H2,2H3. The van der Waals surface area contributed by atoms with Gasteiger partial charge in [0.05, 0.1) is 12.7 Å². The number of carbonyl (C=O) groups is 1. The highest BCUT2D eigenvalue weighted by Gasteiger charge is 2.35. The molecule has 0 aliphatic heterocycles. The number of allylic oxidation sites excluding steroid dienone is 1. The molecule has 2 fully saturated rings. The summed E-state index contributed by atoms with van der Waals surface area (Å²) in [6.45, 7) is 3.87. The zero-order chi connectivity index (χ0) is 22.5. The van der Waals surface area contributed by atoms with Gasteiger partial charge in [-0.15, -0.1) is 6.58 Å². The molecule has 170 valence electrons. The van der Waals surface area contributed by atoms with Gasteiger partial charge in [0.25, 0.3) is 0 Å². The molecule has 2 aliphatic carbocycles. The Morgan fingerprint density at radius 3 is 2.53 bits per heavy atom. The molecule has 2 aromatic rings. The first-order valence-corrected chi connectivity index (χ1v) is 11.8. The lowest BCUT2D eigenvalue weighted by Gasteiger charge is -2.42. The molecule has 0 bridgehead atoms. The topological polar surface area (TPSA) is 35.5 Å². The van der Waals surface area contributed by atoms with Gasteiger partial charge in [0, 0.05) is 6.07 Å². The Morgan fingerprint density at radius 2 is 1.81 bits per heavy atom. The molecule has 32 heavy (non-hydrogen) atoms. The number of hydrogen-bond acceptors (Lipinski definition) is 3. The first-order chi connectivity index (χ1) is 15.6. The van der Waals surface area contributed by atoms with Gasteiger partial charge in [-0.2, -0.15) is 0 Å². The van der Waals surface area contributed by atoms with E-state index in [1.165, 1.54) is 69.8 Å². The minimum atomic E-state index is -0.557. The van der Waals surface area contributed by atoms with Gasteiger partial charge in [0.1, 0.15) is 5.75 Å². The van der Waals surface area contributed by atoms with E-state index in [-0.39, 0.29) is 11.5 Å². The molecule has 0 radical (unpaired) electrons. The summed E-state index contributed by atoms with van der Waals surface area (Å²) < 4.78 is 24.1. The maximum absolute atomic E-state index is 13.8. The average molecular weight is 437 g/mol. The smallest absolute Gasteiger partial charge is 0.343 e. The van der Waals surface area contributed by atoms with Crippen molar-refractivity contribution in [3.8, 4) is 11.5 Å². The van der Waals surface area contributed by atoms with Gasteiger partial charge in [0.15, 0.2) is 11.6 Å². The fourth-order valence-electron chi connectivity index (χ4n) is 5.67. The molecule has 3 nitrogen and oxygen atoms in total. The van der Waals surface area contributed by atoms with E-state index in [1.54, 1.807) is 0 Å². The van der Waals surface area contributed by atoms with Crippen molar-refractivity contribution in [2.75, 3.05) is 7.11 Å². The maximum atomic E-state index is 13.8. The minimum Gasteiger partial charge on any atom is -0.494 e. The fraction of sp³-hybridized carbons (Fsp3) is 0.464. The van der Waals surface area contributed by atoms with Crippen LogP contribution in [0.15, 0.2) is 55.1 Å². The molecule has 2 saturated carbocycles. The van der Waals surface area contributed by atoms with Gasteiger partial charge in [-0.25, -0.2) is 9.18 Å². The van der Waals surface area contributed by atoms with Crippen molar-refractivity contribution < 1.29 is 18.7 Å². The zero-order valence-electron chi connectivity index (χ0n) is 18.9. The monoisotopic (exact) mass is 436 g/mol. The van der Waals surface area contributed by atoms with Crippen LogP contribution in [0.2, 0.25) is 0 Å². The van der Waals surface area contributed by atoms with Crippen LogP contribution in [0, 0.1) is 23.6 Å². The minimum absolute atomic E-state index is 0.120. The van der Waals surface area contributed by atoms with E-state index in [4.69, 9.17) is 9.47 Å². The van der Waals surface area contributed by atoms with E-state index in [0.717, 1.165) is 30.2 Å². The summed E-state index contributed by atoms with van der Waals surface area (Å²) >= 11 is 0. The summed E-state index contributed by atoms with van der Waals surface area (Å²) in [5.74, 6) is 2.42. The Bertz CT molecular complexity index is 936. The zero-order valence-corrected chi connectivity index (χ0v) is 18.9. The Hall–Kier alpha value is -2.62. The Labute approximate surface area is 190 Å². The second kappa shape index (κ2) is 10.3. The van der Waals surface area contributed by atoms with Crippen LogP contribution in [-0.2, 0) is 0 Å².